The number of rotatable bonds is 7. The van der Waals surface area contributed by atoms with Gasteiger partial charge in [-0.05, 0) is 44.0 Å². The van der Waals surface area contributed by atoms with Crippen LogP contribution in [0.2, 0.25) is 0 Å². The molecule has 0 aliphatic heterocycles. The van der Waals surface area contributed by atoms with Crippen molar-refractivity contribution in [2.45, 2.75) is 46.1 Å². The van der Waals surface area contributed by atoms with E-state index in [1.165, 1.54) is 37.3 Å². The Bertz CT molecular complexity index is 1290. The number of benzene rings is 2. The maximum Gasteiger partial charge on any atom is 0.339 e. The van der Waals surface area contributed by atoms with Crippen LogP contribution >= 0.6 is 11.3 Å². The normalized spacial score (nSPS) is 11.3. The van der Waals surface area contributed by atoms with Crippen molar-refractivity contribution in [1.29, 1.82) is 0 Å². The minimum absolute atomic E-state index is 0.00827. The monoisotopic (exact) mass is 486 g/mol. The Morgan fingerprint density at radius 1 is 1.09 bits per heavy atom. The summed E-state index contributed by atoms with van der Waals surface area (Å²) in [5.41, 5.74) is 4.26. The van der Waals surface area contributed by atoms with Gasteiger partial charge in [0.15, 0.2) is 15.0 Å². The number of carbonyl (C=O) groups is 2. The van der Waals surface area contributed by atoms with Crippen molar-refractivity contribution < 1.29 is 22.7 Å². The highest BCUT2D eigenvalue weighted by atomic mass is 32.2. The van der Waals surface area contributed by atoms with Crippen LogP contribution < -0.4 is 4.90 Å². The summed E-state index contributed by atoms with van der Waals surface area (Å²) in [7, 11) is -3.57. The van der Waals surface area contributed by atoms with E-state index in [1.54, 1.807) is 22.4 Å². The summed E-state index contributed by atoms with van der Waals surface area (Å²) < 4.78 is 29.9. The first-order valence-corrected chi connectivity index (χ1v) is 12.9. The average molecular weight is 487 g/mol. The van der Waals surface area contributed by atoms with Crippen molar-refractivity contribution in [3.05, 3.63) is 69.7 Å². The van der Waals surface area contributed by atoms with Gasteiger partial charge in [-0.3, -0.25) is 9.69 Å². The molecule has 0 saturated carbocycles. The van der Waals surface area contributed by atoms with Gasteiger partial charge in [0.25, 0.3) is 0 Å². The van der Waals surface area contributed by atoms with Crippen molar-refractivity contribution >= 4 is 43.9 Å². The van der Waals surface area contributed by atoms with E-state index in [4.69, 9.17) is 4.74 Å². The molecule has 9 heteroatoms. The first kappa shape index (κ1) is 24.6. The largest absolute Gasteiger partial charge is 0.456 e. The Labute approximate surface area is 198 Å². The maximum atomic E-state index is 12.6. The molecule has 1 heterocycles. The smallest absolute Gasteiger partial charge is 0.339 e. The van der Waals surface area contributed by atoms with Crippen LogP contribution in [-0.2, 0) is 26.0 Å². The van der Waals surface area contributed by atoms with Crippen LogP contribution in [0.1, 0.15) is 46.6 Å². The molecule has 174 valence electrons. The molecule has 7 nitrogen and oxygen atoms in total. The van der Waals surface area contributed by atoms with Gasteiger partial charge in [-0.25, -0.2) is 18.2 Å². The number of sulfone groups is 1. The van der Waals surface area contributed by atoms with Crippen molar-refractivity contribution in [1.82, 2.24) is 4.98 Å². The van der Waals surface area contributed by atoms with Gasteiger partial charge in [0.2, 0.25) is 5.91 Å². The molecule has 0 unspecified atom stereocenters. The molecule has 0 aliphatic carbocycles. The van der Waals surface area contributed by atoms with E-state index in [0.717, 1.165) is 22.4 Å². The topological polar surface area (TPSA) is 93.6 Å². The number of thiazole rings is 1. The molecule has 3 rings (SSSR count). The lowest BCUT2D eigenvalue weighted by Gasteiger charge is -2.23. The summed E-state index contributed by atoms with van der Waals surface area (Å²) in [6, 6.07) is 10.00. The number of anilines is 2. The number of aryl methyl sites for hydroxylation is 3. The molecule has 0 spiro atoms. The maximum absolute atomic E-state index is 12.6. The van der Waals surface area contributed by atoms with Crippen molar-refractivity contribution in [2.24, 2.45) is 0 Å². The molecule has 0 N–H and O–H groups in total. The van der Waals surface area contributed by atoms with Gasteiger partial charge in [0.05, 0.1) is 27.6 Å². The molecule has 0 bridgehead atoms. The molecular weight excluding hydrogens is 460 g/mol. The third kappa shape index (κ3) is 5.31. The number of hydrogen-bond acceptors (Lipinski definition) is 7. The third-order valence-electron chi connectivity index (χ3n) is 5.08. The molecule has 0 saturated heterocycles. The number of esters is 1. The average Bonchev–Trinajstić information content (AvgIpc) is 3.22. The molecule has 0 atom stereocenters. The fourth-order valence-electron chi connectivity index (χ4n) is 3.66. The Morgan fingerprint density at radius 2 is 1.73 bits per heavy atom. The SMILES string of the molecule is CCS(=O)(=O)c1ccccc1C(=O)OCc1csc(N(C(C)=O)c2c(C)cc(C)cc2C)n1. The summed E-state index contributed by atoms with van der Waals surface area (Å²) in [5.74, 6) is -1.04. The van der Waals surface area contributed by atoms with Crippen molar-refractivity contribution in [3.63, 3.8) is 0 Å². The Morgan fingerprint density at radius 3 is 2.33 bits per heavy atom. The predicted octanol–water partition coefficient (Wildman–Crippen LogP) is 4.90. The van der Waals surface area contributed by atoms with Gasteiger partial charge < -0.3 is 4.74 Å². The second-order valence-corrected chi connectivity index (χ2v) is 10.8. The van der Waals surface area contributed by atoms with E-state index in [9.17, 15) is 18.0 Å². The van der Waals surface area contributed by atoms with E-state index in [2.05, 4.69) is 4.98 Å². The van der Waals surface area contributed by atoms with Gasteiger partial charge in [-0.2, -0.15) is 0 Å². The standard InChI is InChI=1S/C24H26N2O5S2/c1-6-33(29,30)21-10-8-7-9-20(21)23(28)31-13-19-14-32-24(25-19)26(18(5)27)22-16(3)11-15(2)12-17(22)4/h7-12,14H,6,13H2,1-5H3. The first-order chi connectivity index (χ1) is 15.5. The summed E-state index contributed by atoms with van der Waals surface area (Å²) in [6.45, 7) is 8.75. The highest BCUT2D eigenvalue weighted by Gasteiger charge is 2.24. The lowest BCUT2D eigenvalue weighted by molar-refractivity contribution is -0.115. The predicted molar refractivity (Wildman–Crippen MR) is 129 cm³/mol. The molecule has 0 aliphatic rings. The van der Waals surface area contributed by atoms with E-state index >= 15 is 0 Å². The molecule has 2 aromatic carbocycles. The van der Waals surface area contributed by atoms with Crippen LogP contribution in [-0.4, -0.2) is 31.0 Å². The zero-order valence-electron chi connectivity index (χ0n) is 19.2. The summed E-state index contributed by atoms with van der Waals surface area (Å²) >= 11 is 1.27. The molecule has 0 fully saturated rings. The van der Waals surface area contributed by atoms with Gasteiger partial charge in [0.1, 0.15) is 6.61 Å². The van der Waals surface area contributed by atoms with Crippen LogP contribution in [0.4, 0.5) is 10.8 Å². The lowest BCUT2D eigenvalue weighted by atomic mass is 10.0. The zero-order valence-corrected chi connectivity index (χ0v) is 20.8. The van der Waals surface area contributed by atoms with E-state index in [0.29, 0.717) is 10.8 Å². The second-order valence-electron chi connectivity index (χ2n) is 7.70. The first-order valence-electron chi connectivity index (χ1n) is 10.4. The summed E-state index contributed by atoms with van der Waals surface area (Å²) in [6.07, 6.45) is 0. The number of carbonyl (C=O) groups excluding carboxylic acids is 2. The van der Waals surface area contributed by atoms with Crippen LogP contribution in [0.25, 0.3) is 0 Å². The van der Waals surface area contributed by atoms with E-state index < -0.39 is 15.8 Å². The van der Waals surface area contributed by atoms with Gasteiger partial charge in [-0.15, -0.1) is 11.3 Å². The molecule has 1 aromatic heterocycles. The minimum Gasteiger partial charge on any atom is -0.456 e. The second kappa shape index (κ2) is 9.84. The van der Waals surface area contributed by atoms with Gasteiger partial charge in [0, 0.05) is 12.3 Å². The Kier molecular flexibility index (Phi) is 7.34. The van der Waals surface area contributed by atoms with Crippen LogP contribution in [0, 0.1) is 20.8 Å². The third-order valence-corrected chi connectivity index (χ3v) is 7.74. The van der Waals surface area contributed by atoms with Crippen molar-refractivity contribution in [2.75, 3.05) is 10.7 Å². The number of ether oxygens (including phenoxy) is 1. The van der Waals surface area contributed by atoms with Crippen molar-refractivity contribution in [3.8, 4) is 0 Å². The fourth-order valence-corrected chi connectivity index (χ4v) is 5.60. The molecule has 1 amide bonds. The number of aromatic nitrogens is 1. The van der Waals surface area contributed by atoms with Gasteiger partial charge >= 0.3 is 5.97 Å². The Balaban J connectivity index is 1.83. The van der Waals surface area contributed by atoms with Crippen LogP contribution in [0.15, 0.2) is 46.7 Å². The van der Waals surface area contributed by atoms with Gasteiger partial charge in [-0.1, -0.05) is 36.8 Å². The molecule has 33 heavy (non-hydrogen) atoms. The van der Waals surface area contributed by atoms with E-state index in [-0.39, 0.29) is 28.7 Å². The number of hydrogen-bond donors (Lipinski definition) is 0. The fraction of sp³-hybridized carbons (Fsp3) is 0.292. The highest BCUT2D eigenvalue weighted by molar-refractivity contribution is 7.91. The Hall–Kier alpha value is -3.04. The number of nitrogens with zero attached hydrogens (tertiary/aromatic N) is 2. The number of amides is 1. The quantitative estimate of drug-likeness (QED) is 0.441. The highest BCUT2D eigenvalue weighted by Crippen LogP contribution is 2.34. The minimum atomic E-state index is -3.57. The lowest BCUT2D eigenvalue weighted by Crippen LogP contribution is -2.24. The zero-order chi connectivity index (χ0) is 24.3. The molecular formula is C24H26N2O5S2. The van der Waals surface area contributed by atoms with E-state index in [1.807, 2.05) is 32.9 Å². The summed E-state index contributed by atoms with van der Waals surface area (Å²) in [5, 5.41) is 2.18. The van der Waals surface area contributed by atoms with Crippen LogP contribution in [0.5, 0.6) is 0 Å². The molecule has 3 aromatic rings. The summed E-state index contributed by atoms with van der Waals surface area (Å²) in [4.78, 5) is 31.1. The van der Waals surface area contributed by atoms with Crippen LogP contribution in [0.3, 0.4) is 0 Å². The molecule has 0 radical (unpaired) electrons.